The van der Waals surface area contributed by atoms with E-state index in [1.54, 1.807) is 43.5 Å². The van der Waals surface area contributed by atoms with Crippen molar-refractivity contribution in [2.24, 2.45) is 21.5 Å². The van der Waals surface area contributed by atoms with E-state index in [0.29, 0.717) is 16.9 Å². The summed E-state index contributed by atoms with van der Waals surface area (Å²) in [6, 6.07) is 20.6. The first kappa shape index (κ1) is 39.9. The highest BCUT2D eigenvalue weighted by Crippen LogP contribution is 2.35. The largest absolute Gasteiger partial charge is 0.496 e. The Kier molecular flexibility index (Phi) is 13.3. The number of amidine groups is 2. The predicted molar refractivity (Wildman–Crippen MR) is 206 cm³/mol. The molecule has 15 nitrogen and oxygen atoms in total. The Morgan fingerprint density at radius 3 is 1.83 bits per heavy atom. The molecular formula is C39H42N6O9. The van der Waals surface area contributed by atoms with Crippen molar-refractivity contribution in [3.63, 3.8) is 0 Å². The monoisotopic (exact) mass is 738 g/mol. The lowest BCUT2D eigenvalue weighted by molar-refractivity contribution is -0.385. The number of nitrogens with zero attached hydrogens (tertiary/aromatic N) is 3. The number of nitro benzene ring substituents is 1. The number of carbonyl (C=O) groups is 2. The molecule has 5 N–H and O–H groups in total. The van der Waals surface area contributed by atoms with Crippen molar-refractivity contribution in [2.75, 3.05) is 21.3 Å². The lowest BCUT2D eigenvalue weighted by Crippen LogP contribution is -2.16. The van der Waals surface area contributed by atoms with Crippen LogP contribution in [0, 0.1) is 24.0 Å². The summed E-state index contributed by atoms with van der Waals surface area (Å²) in [5.74, 6) is 0.987. The van der Waals surface area contributed by atoms with Crippen LogP contribution in [-0.2, 0) is 22.7 Å². The topological polar surface area (TPSA) is 216 Å². The second-order valence-electron chi connectivity index (χ2n) is 11.5. The van der Waals surface area contributed by atoms with E-state index in [0.717, 1.165) is 38.9 Å². The van der Waals surface area contributed by atoms with Crippen LogP contribution in [0.25, 0.3) is 22.2 Å². The van der Waals surface area contributed by atoms with Crippen LogP contribution in [0.5, 0.6) is 17.2 Å². The number of methoxy groups -OCH3 is 3. The first-order valence-corrected chi connectivity index (χ1v) is 16.7. The third-order valence-electron chi connectivity index (χ3n) is 8.17. The average Bonchev–Trinajstić information content (AvgIpc) is 3.61. The molecule has 1 heterocycles. The van der Waals surface area contributed by atoms with Gasteiger partial charge in [0.25, 0.3) is 5.69 Å². The summed E-state index contributed by atoms with van der Waals surface area (Å²) in [6.45, 7) is 7.44. The average molecular weight is 739 g/mol. The minimum atomic E-state index is -1.03. The second kappa shape index (κ2) is 18.0. The van der Waals surface area contributed by atoms with Gasteiger partial charge >= 0.3 is 12.2 Å². The van der Waals surface area contributed by atoms with Gasteiger partial charge in [-0.25, -0.2) is 9.59 Å². The van der Waals surface area contributed by atoms with Crippen molar-refractivity contribution in [1.29, 1.82) is 0 Å². The number of nitrogens with one attached hydrogen (secondary N) is 1. The van der Waals surface area contributed by atoms with Crippen LogP contribution in [0.4, 0.5) is 15.3 Å². The third kappa shape index (κ3) is 9.50. The van der Waals surface area contributed by atoms with E-state index in [2.05, 4.69) is 15.0 Å². The summed E-state index contributed by atoms with van der Waals surface area (Å²) in [4.78, 5) is 46.9. The standard InChI is InChI=1S/C37H36N6O9.C2H6/c1-20-12-21(2)31(48-3)15-26(20)18-51-37(45)42-35(39)25-11-10-24-13-28(40-29(24)14-25)22-6-8-23(9-7-22)34(38)41-36(44)52-19-27-16-32(49-4)33(50-5)17-30(27)43(46)47;1-2/h6-17,40H,18-19H2,1-5H3,(H2,38,41,44)(H2,39,42,45);1-2H3. The molecular weight excluding hydrogens is 696 g/mol. The van der Waals surface area contributed by atoms with Gasteiger partial charge in [-0.2, -0.15) is 9.98 Å². The Morgan fingerprint density at radius 1 is 0.704 bits per heavy atom. The first-order valence-electron chi connectivity index (χ1n) is 16.7. The van der Waals surface area contributed by atoms with Crippen molar-refractivity contribution >= 4 is 40.4 Å². The highest BCUT2D eigenvalue weighted by molar-refractivity contribution is 6.05. The molecule has 0 bridgehead atoms. The first-order chi connectivity index (χ1) is 25.9. The van der Waals surface area contributed by atoms with E-state index in [1.165, 1.54) is 26.4 Å². The molecule has 0 fully saturated rings. The molecule has 0 aliphatic rings. The van der Waals surface area contributed by atoms with Crippen LogP contribution < -0.4 is 25.7 Å². The summed E-state index contributed by atoms with van der Waals surface area (Å²) in [5.41, 5.74) is 18.1. The fourth-order valence-electron chi connectivity index (χ4n) is 5.38. The van der Waals surface area contributed by atoms with Crippen LogP contribution >= 0.6 is 0 Å². The number of carbonyl (C=O) groups excluding carboxylic acids is 2. The number of aliphatic imine (C=N–C) groups is 2. The van der Waals surface area contributed by atoms with Gasteiger partial charge in [0.2, 0.25) is 0 Å². The van der Waals surface area contributed by atoms with Gasteiger partial charge in [0, 0.05) is 27.7 Å². The summed E-state index contributed by atoms with van der Waals surface area (Å²) < 4.78 is 26.2. The lowest BCUT2D eigenvalue weighted by atomic mass is 10.1. The van der Waals surface area contributed by atoms with Gasteiger partial charge in [-0.3, -0.25) is 10.1 Å². The van der Waals surface area contributed by atoms with Gasteiger partial charge in [-0.05, 0) is 60.4 Å². The van der Waals surface area contributed by atoms with Gasteiger partial charge < -0.3 is 40.1 Å². The number of ether oxygens (including phenoxy) is 5. The number of fused-ring (bicyclic) bond motifs is 1. The molecule has 0 unspecified atom stereocenters. The Morgan fingerprint density at radius 2 is 1.24 bits per heavy atom. The van der Waals surface area contributed by atoms with E-state index in [1.807, 2.05) is 52.0 Å². The fraction of sp³-hybridized carbons (Fsp3) is 0.231. The fourth-order valence-corrected chi connectivity index (χ4v) is 5.38. The van der Waals surface area contributed by atoms with Crippen LogP contribution in [0.3, 0.4) is 0 Å². The van der Waals surface area contributed by atoms with Crippen LogP contribution in [0.2, 0.25) is 0 Å². The predicted octanol–water partition coefficient (Wildman–Crippen LogP) is 7.50. The number of benzene rings is 4. The van der Waals surface area contributed by atoms with E-state index < -0.39 is 23.7 Å². The highest BCUT2D eigenvalue weighted by Gasteiger charge is 2.21. The number of rotatable bonds is 11. The molecule has 54 heavy (non-hydrogen) atoms. The molecule has 2 amide bonds. The zero-order valence-electron chi connectivity index (χ0n) is 31.0. The number of nitro groups is 1. The van der Waals surface area contributed by atoms with Crippen molar-refractivity contribution in [3.8, 4) is 28.5 Å². The molecule has 15 heteroatoms. The maximum Gasteiger partial charge on any atom is 0.435 e. The highest BCUT2D eigenvalue weighted by atomic mass is 16.6. The van der Waals surface area contributed by atoms with Gasteiger partial charge in [0.1, 0.15) is 30.6 Å². The molecule has 4 aromatic carbocycles. The number of nitrogens with two attached hydrogens (primary N) is 2. The zero-order chi connectivity index (χ0) is 39.5. The smallest absolute Gasteiger partial charge is 0.435 e. The number of amides is 2. The molecule has 0 radical (unpaired) electrons. The molecule has 5 aromatic rings. The molecule has 1 aromatic heterocycles. The second-order valence-corrected chi connectivity index (χ2v) is 11.5. The number of hydrogen-bond acceptors (Lipinski definition) is 9. The van der Waals surface area contributed by atoms with Crippen molar-refractivity contribution in [3.05, 3.63) is 116 Å². The quantitative estimate of drug-likeness (QED) is 0.0522. The molecule has 0 aliphatic carbocycles. The zero-order valence-corrected chi connectivity index (χ0v) is 31.0. The van der Waals surface area contributed by atoms with E-state index in [4.69, 9.17) is 35.2 Å². The van der Waals surface area contributed by atoms with Crippen molar-refractivity contribution in [2.45, 2.75) is 40.9 Å². The van der Waals surface area contributed by atoms with Crippen LogP contribution in [-0.4, -0.2) is 55.1 Å². The third-order valence-corrected chi connectivity index (χ3v) is 8.17. The van der Waals surface area contributed by atoms with Crippen molar-refractivity contribution in [1.82, 2.24) is 4.98 Å². The summed E-state index contributed by atoms with van der Waals surface area (Å²) in [7, 11) is 4.32. The minimum Gasteiger partial charge on any atom is -0.496 e. The Hall–Kier alpha value is -6.90. The van der Waals surface area contributed by atoms with Crippen LogP contribution in [0.15, 0.2) is 82.8 Å². The Balaban J connectivity index is 0.00000319. The van der Waals surface area contributed by atoms with E-state index in [-0.39, 0.29) is 41.0 Å². The van der Waals surface area contributed by atoms with Gasteiger partial charge in [-0.1, -0.05) is 56.3 Å². The minimum absolute atomic E-state index is 0.000787. The molecule has 0 spiro atoms. The van der Waals surface area contributed by atoms with Crippen molar-refractivity contribution < 1.29 is 38.2 Å². The molecule has 0 saturated heterocycles. The van der Waals surface area contributed by atoms with E-state index in [9.17, 15) is 19.7 Å². The summed E-state index contributed by atoms with van der Waals surface area (Å²) >= 11 is 0. The van der Waals surface area contributed by atoms with E-state index >= 15 is 0 Å². The SMILES string of the molecule is CC.COc1cc(COC(=O)/N=C(\N)c2ccc3cc(-c4ccc(/C(N)=N/C(=O)OCc5cc(OC)c(OC)cc5[N+](=O)[O-])cc4)[nH]c3c2)c(C)cc1C. The number of aromatic nitrogens is 1. The maximum atomic E-state index is 12.5. The Bertz CT molecular complexity index is 2230. The molecule has 5 rings (SSSR count). The maximum absolute atomic E-state index is 12.5. The summed E-state index contributed by atoms with van der Waals surface area (Å²) in [5, 5.41) is 12.4. The Labute approximate surface area is 311 Å². The number of H-pyrrole nitrogens is 1. The van der Waals surface area contributed by atoms with Gasteiger partial charge in [0.15, 0.2) is 11.5 Å². The lowest BCUT2D eigenvalue weighted by Gasteiger charge is -2.11. The van der Waals surface area contributed by atoms with Gasteiger partial charge in [-0.15, -0.1) is 0 Å². The van der Waals surface area contributed by atoms with Crippen LogP contribution in [0.1, 0.15) is 47.2 Å². The number of aromatic amines is 1. The molecule has 0 saturated carbocycles. The molecule has 282 valence electrons. The summed E-state index contributed by atoms with van der Waals surface area (Å²) in [6.07, 6.45) is -1.85. The molecule has 0 aliphatic heterocycles. The molecule has 0 atom stereocenters. The number of hydrogen-bond donors (Lipinski definition) is 3. The van der Waals surface area contributed by atoms with Gasteiger partial charge in [0.05, 0.1) is 37.9 Å². The normalized spacial score (nSPS) is 11.3. The number of aryl methyl sites for hydroxylation is 2.